The number of aliphatic hydroxyl groups excluding tert-OH is 1. The molecule has 0 heterocycles. The lowest BCUT2D eigenvalue weighted by molar-refractivity contribution is 0.107. The molecule has 114 valence electrons. The van der Waals surface area contributed by atoms with Crippen LogP contribution in [0.4, 0.5) is 0 Å². The van der Waals surface area contributed by atoms with E-state index >= 15 is 0 Å². The van der Waals surface area contributed by atoms with Crippen LogP contribution in [0.25, 0.3) is 0 Å². The molecular weight excluding hydrogens is 250 g/mol. The van der Waals surface area contributed by atoms with Gasteiger partial charge in [-0.2, -0.15) is 0 Å². The van der Waals surface area contributed by atoms with E-state index in [0.717, 1.165) is 23.3 Å². The summed E-state index contributed by atoms with van der Waals surface area (Å²) >= 11 is 0. The van der Waals surface area contributed by atoms with E-state index in [4.69, 9.17) is 4.74 Å². The molecular formula is C17H29NO2. The predicted octanol–water partition coefficient (Wildman–Crippen LogP) is 3.59. The Hall–Kier alpha value is -1.06. The molecule has 0 aliphatic heterocycles. The van der Waals surface area contributed by atoms with Crippen molar-refractivity contribution in [1.29, 1.82) is 0 Å². The normalized spacial score (nSPS) is 14.9. The number of rotatable bonds is 6. The van der Waals surface area contributed by atoms with Gasteiger partial charge in [-0.3, -0.25) is 0 Å². The second-order valence-electron chi connectivity index (χ2n) is 6.33. The Morgan fingerprint density at radius 2 is 1.90 bits per heavy atom. The average Bonchev–Trinajstić information content (AvgIpc) is 2.36. The van der Waals surface area contributed by atoms with Crippen molar-refractivity contribution >= 4 is 0 Å². The first-order valence-corrected chi connectivity index (χ1v) is 7.47. The average molecular weight is 279 g/mol. The second kappa shape index (κ2) is 7.09. The van der Waals surface area contributed by atoms with Crippen molar-refractivity contribution in [1.82, 2.24) is 5.32 Å². The fourth-order valence-corrected chi connectivity index (χ4v) is 2.36. The zero-order valence-corrected chi connectivity index (χ0v) is 13.7. The van der Waals surface area contributed by atoms with E-state index in [2.05, 4.69) is 33.0 Å². The van der Waals surface area contributed by atoms with Crippen LogP contribution in [0.2, 0.25) is 0 Å². The Morgan fingerprint density at radius 1 is 1.25 bits per heavy atom. The molecule has 0 amide bonds. The molecule has 2 unspecified atom stereocenters. The van der Waals surface area contributed by atoms with Gasteiger partial charge >= 0.3 is 0 Å². The molecule has 0 aliphatic rings. The summed E-state index contributed by atoms with van der Waals surface area (Å²) in [7, 11) is 0. The fraction of sp³-hybridized carbons (Fsp3) is 0.647. The van der Waals surface area contributed by atoms with Crippen molar-refractivity contribution in [3.05, 3.63) is 29.3 Å². The molecule has 0 bridgehead atoms. The number of hydrogen-bond acceptors (Lipinski definition) is 3. The van der Waals surface area contributed by atoms with Crippen LogP contribution in [0.3, 0.4) is 0 Å². The van der Waals surface area contributed by atoms with Gasteiger partial charge in [-0.15, -0.1) is 0 Å². The maximum absolute atomic E-state index is 10.7. The van der Waals surface area contributed by atoms with E-state index in [1.165, 1.54) is 0 Å². The van der Waals surface area contributed by atoms with Gasteiger partial charge in [-0.25, -0.2) is 0 Å². The highest BCUT2D eigenvalue weighted by molar-refractivity contribution is 5.39. The summed E-state index contributed by atoms with van der Waals surface area (Å²) in [5.41, 5.74) is 1.97. The molecule has 0 saturated carbocycles. The number of nitrogens with one attached hydrogen (secondary N) is 1. The Kier molecular flexibility index (Phi) is 6.03. The van der Waals surface area contributed by atoms with E-state index in [1.54, 1.807) is 0 Å². The van der Waals surface area contributed by atoms with Gasteiger partial charge in [0.1, 0.15) is 5.75 Å². The van der Waals surface area contributed by atoms with Crippen LogP contribution in [0.1, 0.15) is 58.3 Å². The lowest BCUT2D eigenvalue weighted by Crippen LogP contribution is -2.46. The van der Waals surface area contributed by atoms with E-state index in [1.807, 2.05) is 32.0 Å². The van der Waals surface area contributed by atoms with Crippen LogP contribution in [0.5, 0.6) is 5.75 Å². The van der Waals surface area contributed by atoms with Crippen molar-refractivity contribution in [3.63, 3.8) is 0 Å². The highest BCUT2D eigenvalue weighted by Gasteiger charge is 2.26. The van der Waals surface area contributed by atoms with Crippen LogP contribution in [-0.2, 0) is 0 Å². The maximum Gasteiger partial charge on any atom is 0.125 e. The molecule has 0 saturated heterocycles. The quantitative estimate of drug-likeness (QED) is 0.836. The third-order valence-corrected chi connectivity index (χ3v) is 3.22. The zero-order chi connectivity index (χ0) is 15.3. The third-order valence-electron chi connectivity index (χ3n) is 3.22. The monoisotopic (exact) mass is 279 g/mol. The van der Waals surface area contributed by atoms with Crippen molar-refractivity contribution in [2.75, 3.05) is 6.61 Å². The van der Waals surface area contributed by atoms with Gasteiger partial charge in [-0.05, 0) is 53.2 Å². The lowest BCUT2D eigenvalue weighted by atomic mass is 9.95. The number of benzene rings is 1. The number of aryl methyl sites for hydroxylation is 1. The summed E-state index contributed by atoms with van der Waals surface area (Å²) in [6.07, 6.45) is 0.290. The summed E-state index contributed by atoms with van der Waals surface area (Å²) in [5.74, 6) is 0.778. The van der Waals surface area contributed by atoms with Gasteiger partial charge in [0.15, 0.2) is 0 Å². The molecule has 2 N–H and O–H groups in total. The second-order valence-corrected chi connectivity index (χ2v) is 6.33. The largest absolute Gasteiger partial charge is 0.493 e. The van der Waals surface area contributed by atoms with E-state index in [9.17, 15) is 5.11 Å². The topological polar surface area (TPSA) is 41.5 Å². The Morgan fingerprint density at radius 3 is 2.40 bits per heavy atom. The van der Waals surface area contributed by atoms with Gasteiger partial charge in [0, 0.05) is 17.1 Å². The first kappa shape index (κ1) is 17.0. The van der Waals surface area contributed by atoms with Crippen molar-refractivity contribution in [2.45, 2.75) is 65.6 Å². The van der Waals surface area contributed by atoms with Gasteiger partial charge in [0.2, 0.25) is 0 Å². The molecule has 2 atom stereocenters. The summed E-state index contributed by atoms with van der Waals surface area (Å²) in [4.78, 5) is 0. The smallest absolute Gasteiger partial charge is 0.125 e. The molecule has 0 radical (unpaired) electrons. The Balaban J connectivity index is 3.04. The highest BCUT2D eigenvalue weighted by Crippen LogP contribution is 2.30. The molecule has 3 nitrogen and oxygen atoms in total. The van der Waals surface area contributed by atoms with Crippen LogP contribution in [0, 0.1) is 6.92 Å². The molecule has 20 heavy (non-hydrogen) atoms. The number of aliphatic hydroxyl groups is 1. The lowest BCUT2D eigenvalue weighted by Gasteiger charge is -2.32. The standard InChI is InChI=1S/C17H29NO2/c1-7-14(18-17(4,5)6)16(19)13-11-12(3)9-10-15(13)20-8-2/h9-11,14,16,18-19H,7-8H2,1-6H3. The summed E-state index contributed by atoms with van der Waals surface area (Å²) in [6, 6.07) is 5.99. The van der Waals surface area contributed by atoms with Gasteiger partial charge in [-0.1, -0.05) is 18.6 Å². The fourth-order valence-electron chi connectivity index (χ4n) is 2.36. The van der Waals surface area contributed by atoms with E-state index in [-0.39, 0.29) is 11.6 Å². The van der Waals surface area contributed by atoms with Crippen molar-refractivity contribution in [3.8, 4) is 5.75 Å². The molecule has 0 aromatic heterocycles. The van der Waals surface area contributed by atoms with Gasteiger partial charge < -0.3 is 15.2 Å². The molecule has 1 aromatic carbocycles. The summed E-state index contributed by atoms with van der Waals surface area (Å²) < 4.78 is 5.65. The summed E-state index contributed by atoms with van der Waals surface area (Å²) in [6.45, 7) is 13.0. The first-order valence-electron chi connectivity index (χ1n) is 7.47. The van der Waals surface area contributed by atoms with Crippen LogP contribution in [0.15, 0.2) is 18.2 Å². The van der Waals surface area contributed by atoms with Crippen molar-refractivity contribution in [2.24, 2.45) is 0 Å². The molecule has 0 fully saturated rings. The minimum atomic E-state index is -0.569. The Bertz CT molecular complexity index is 423. The first-order chi connectivity index (χ1) is 9.28. The zero-order valence-electron chi connectivity index (χ0n) is 13.7. The number of ether oxygens (including phenoxy) is 1. The third kappa shape index (κ3) is 4.80. The Labute approximate surface area is 123 Å². The van der Waals surface area contributed by atoms with Gasteiger partial charge in [0.25, 0.3) is 0 Å². The van der Waals surface area contributed by atoms with Crippen LogP contribution >= 0.6 is 0 Å². The molecule has 1 rings (SSSR count). The molecule has 0 spiro atoms. The predicted molar refractivity (Wildman–Crippen MR) is 84.3 cm³/mol. The SMILES string of the molecule is CCOc1ccc(C)cc1C(O)C(CC)NC(C)(C)C. The van der Waals surface area contributed by atoms with Gasteiger partial charge in [0.05, 0.1) is 12.7 Å². The molecule has 1 aromatic rings. The van der Waals surface area contributed by atoms with E-state index < -0.39 is 6.10 Å². The summed E-state index contributed by atoms with van der Waals surface area (Å²) in [5, 5.41) is 14.2. The van der Waals surface area contributed by atoms with E-state index in [0.29, 0.717) is 6.61 Å². The highest BCUT2D eigenvalue weighted by atomic mass is 16.5. The maximum atomic E-state index is 10.7. The van der Waals surface area contributed by atoms with Crippen molar-refractivity contribution < 1.29 is 9.84 Å². The molecule has 3 heteroatoms. The van der Waals surface area contributed by atoms with Crippen LogP contribution in [-0.4, -0.2) is 23.3 Å². The minimum Gasteiger partial charge on any atom is -0.493 e. The minimum absolute atomic E-state index is 0.0102. The number of hydrogen-bond donors (Lipinski definition) is 2. The van der Waals surface area contributed by atoms with Crippen LogP contribution < -0.4 is 10.1 Å². The molecule has 0 aliphatic carbocycles.